The molecule has 0 heteroatoms. The van der Waals surface area contributed by atoms with Gasteiger partial charge in [-0.3, -0.25) is 0 Å². The molecule has 8 heavy (non-hydrogen) atoms. The fourth-order valence-electron chi connectivity index (χ4n) is 0.378. The molecule has 0 bridgehead atoms. The molecule has 0 rings (SSSR count). The van der Waals surface area contributed by atoms with E-state index in [-0.39, 0.29) is 0 Å². The van der Waals surface area contributed by atoms with Gasteiger partial charge in [-0.15, -0.1) is 11.8 Å². The molecular formula is C8H14. The summed E-state index contributed by atoms with van der Waals surface area (Å²) in [5, 5.41) is 0. The lowest BCUT2D eigenvalue weighted by Gasteiger charge is -1.92. The Morgan fingerprint density at radius 3 is 2.38 bits per heavy atom. The van der Waals surface area contributed by atoms with E-state index in [1.165, 1.54) is 6.42 Å². The fraction of sp³-hybridized carbons (Fsp3) is 0.750. The fourth-order valence-corrected chi connectivity index (χ4v) is 0.378. The Morgan fingerprint density at radius 1 is 1.38 bits per heavy atom. The van der Waals surface area contributed by atoms with Crippen LogP contribution in [-0.2, 0) is 0 Å². The second kappa shape index (κ2) is 4.71. The molecule has 0 aromatic carbocycles. The number of rotatable bonds is 1. The average Bonchev–Trinajstić information content (AvgIpc) is 1.83. The van der Waals surface area contributed by atoms with Crippen molar-refractivity contribution in [2.75, 3.05) is 0 Å². The molecule has 0 nitrogen and oxygen atoms in total. The van der Waals surface area contributed by atoms with Crippen molar-refractivity contribution in [3.05, 3.63) is 0 Å². The Hall–Kier alpha value is -0.440. The molecule has 0 saturated carbocycles. The minimum atomic E-state index is 0.593. The molecule has 0 aliphatic rings. The van der Waals surface area contributed by atoms with Crippen LogP contribution in [0, 0.1) is 17.8 Å². The van der Waals surface area contributed by atoms with Crippen LogP contribution in [0.5, 0.6) is 0 Å². The van der Waals surface area contributed by atoms with Crippen molar-refractivity contribution < 1.29 is 0 Å². The van der Waals surface area contributed by atoms with Gasteiger partial charge >= 0.3 is 0 Å². The zero-order valence-corrected chi connectivity index (χ0v) is 5.99. The molecule has 0 saturated heterocycles. The first-order valence-corrected chi connectivity index (χ1v) is 3.29. The van der Waals surface area contributed by atoms with E-state index in [1.54, 1.807) is 0 Å². The third-order valence-electron chi connectivity index (χ3n) is 1.14. The lowest BCUT2D eigenvalue weighted by molar-refractivity contribution is 0.722. The summed E-state index contributed by atoms with van der Waals surface area (Å²) < 4.78 is 0. The van der Waals surface area contributed by atoms with Crippen LogP contribution in [0.3, 0.4) is 0 Å². The zero-order valence-electron chi connectivity index (χ0n) is 5.99. The third kappa shape index (κ3) is 3.74. The van der Waals surface area contributed by atoms with E-state index in [0.29, 0.717) is 5.92 Å². The van der Waals surface area contributed by atoms with Gasteiger partial charge in [0, 0.05) is 12.3 Å². The molecular weight excluding hydrogens is 96.1 g/mol. The van der Waals surface area contributed by atoms with Gasteiger partial charge in [-0.25, -0.2) is 0 Å². The SMILES string of the molecule is CCC#C[C@@H](C)CC. The first-order valence-electron chi connectivity index (χ1n) is 3.29. The highest BCUT2D eigenvalue weighted by atomic mass is 13.9. The van der Waals surface area contributed by atoms with E-state index in [1.807, 2.05) is 0 Å². The number of hydrogen-bond donors (Lipinski definition) is 0. The topological polar surface area (TPSA) is 0 Å². The molecule has 1 atom stereocenters. The van der Waals surface area contributed by atoms with E-state index in [9.17, 15) is 0 Å². The Labute approximate surface area is 52.3 Å². The van der Waals surface area contributed by atoms with Crippen LogP contribution in [0.25, 0.3) is 0 Å². The monoisotopic (exact) mass is 110 g/mol. The van der Waals surface area contributed by atoms with Crippen molar-refractivity contribution in [1.82, 2.24) is 0 Å². The van der Waals surface area contributed by atoms with Crippen molar-refractivity contribution in [3.8, 4) is 11.8 Å². The highest BCUT2D eigenvalue weighted by Crippen LogP contribution is 1.96. The molecule has 0 aliphatic heterocycles. The summed E-state index contributed by atoms with van der Waals surface area (Å²) in [5.41, 5.74) is 0. The van der Waals surface area contributed by atoms with Crippen molar-refractivity contribution >= 4 is 0 Å². The van der Waals surface area contributed by atoms with Crippen LogP contribution in [0.2, 0.25) is 0 Å². The summed E-state index contributed by atoms with van der Waals surface area (Å²) in [6, 6.07) is 0. The Bertz CT molecular complexity index is 92.3. The molecule has 0 amide bonds. The quantitative estimate of drug-likeness (QED) is 0.455. The average molecular weight is 110 g/mol. The first kappa shape index (κ1) is 7.56. The van der Waals surface area contributed by atoms with E-state index in [0.717, 1.165) is 6.42 Å². The Morgan fingerprint density at radius 2 is 2.00 bits per heavy atom. The van der Waals surface area contributed by atoms with Crippen LogP contribution in [-0.4, -0.2) is 0 Å². The van der Waals surface area contributed by atoms with Gasteiger partial charge in [0.05, 0.1) is 0 Å². The third-order valence-corrected chi connectivity index (χ3v) is 1.14. The molecule has 0 radical (unpaired) electrons. The highest BCUT2D eigenvalue weighted by molar-refractivity contribution is 5.00. The Balaban J connectivity index is 3.35. The summed E-state index contributed by atoms with van der Waals surface area (Å²) >= 11 is 0. The lowest BCUT2D eigenvalue weighted by Crippen LogP contribution is -1.83. The van der Waals surface area contributed by atoms with Crippen LogP contribution < -0.4 is 0 Å². The normalized spacial score (nSPS) is 11.9. The standard InChI is InChI=1S/C8H14/c1-4-6-7-8(3)5-2/h8H,4-5H2,1-3H3/t8-/m0/s1. The van der Waals surface area contributed by atoms with E-state index in [4.69, 9.17) is 0 Å². The van der Waals surface area contributed by atoms with Crippen molar-refractivity contribution in [2.24, 2.45) is 5.92 Å². The van der Waals surface area contributed by atoms with E-state index >= 15 is 0 Å². The van der Waals surface area contributed by atoms with E-state index in [2.05, 4.69) is 32.6 Å². The van der Waals surface area contributed by atoms with E-state index < -0.39 is 0 Å². The maximum atomic E-state index is 3.13. The van der Waals surface area contributed by atoms with Crippen LogP contribution >= 0.6 is 0 Å². The van der Waals surface area contributed by atoms with Crippen LogP contribution in [0.15, 0.2) is 0 Å². The summed E-state index contributed by atoms with van der Waals surface area (Å²) in [5.74, 6) is 6.77. The lowest BCUT2D eigenvalue weighted by atomic mass is 10.1. The molecule has 0 fully saturated rings. The summed E-state index contributed by atoms with van der Waals surface area (Å²) in [6.07, 6.45) is 2.16. The van der Waals surface area contributed by atoms with Gasteiger partial charge in [0.2, 0.25) is 0 Å². The second-order valence-corrected chi connectivity index (χ2v) is 1.98. The van der Waals surface area contributed by atoms with Gasteiger partial charge in [-0.2, -0.15) is 0 Å². The summed E-state index contributed by atoms with van der Waals surface area (Å²) in [7, 11) is 0. The molecule has 0 aromatic rings. The van der Waals surface area contributed by atoms with Gasteiger partial charge in [0.1, 0.15) is 0 Å². The molecule has 46 valence electrons. The van der Waals surface area contributed by atoms with Gasteiger partial charge in [-0.05, 0) is 6.42 Å². The maximum absolute atomic E-state index is 3.13. The van der Waals surface area contributed by atoms with Crippen molar-refractivity contribution in [3.63, 3.8) is 0 Å². The van der Waals surface area contributed by atoms with Crippen LogP contribution in [0.1, 0.15) is 33.6 Å². The van der Waals surface area contributed by atoms with Crippen molar-refractivity contribution in [2.45, 2.75) is 33.6 Å². The highest BCUT2D eigenvalue weighted by Gasteiger charge is 1.86. The first-order chi connectivity index (χ1) is 3.81. The largest absolute Gasteiger partial charge is 0.103 e. The maximum Gasteiger partial charge on any atom is 0.0171 e. The Kier molecular flexibility index (Phi) is 4.45. The second-order valence-electron chi connectivity index (χ2n) is 1.98. The molecule has 0 heterocycles. The van der Waals surface area contributed by atoms with Crippen molar-refractivity contribution in [1.29, 1.82) is 0 Å². The predicted molar refractivity (Wildman–Crippen MR) is 37.5 cm³/mol. The summed E-state index contributed by atoms with van der Waals surface area (Å²) in [4.78, 5) is 0. The van der Waals surface area contributed by atoms with Gasteiger partial charge in [0.15, 0.2) is 0 Å². The minimum absolute atomic E-state index is 0.593. The summed E-state index contributed by atoms with van der Waals surface area (Å²) in [6.45, 7) is 6.40. The zero-order chi connectivity index (χ0) is 6.41. The van der Waals surface area contributed by atoms with Crippen LogP contribution in [0.4, 0.5) is 0 Å². The molecule has 0 unspecified atom stereocenters. The smallest absolute Gasteiger partial charge is 0.0171 e. The molecule has 0 N–H and O–H groups in total. The van der Waals surface area contributed by atoms with Gasteiger partial charge < -0.3 is 0 Å². The minimum Gasteiger partial charge on any atom is -0.103 e. The predicted octanol–water partition coefficient (Wildman–Crippen LogP) is 2.45. The molecule has 0 aliphatic carbocycles. The molecule has 0 aromatic heterocycles. The van der Waals surface area contributed by atoms with Gasteiger partial charge in [-0.1, -0.05) is 20.8 Å². The number of hydrogen-bond acceptors (Lipinski definition) is 0. The van der Waals surface area contributed by atoms with Gasteiger partial charge in [0.25, 0.3) is 0 Å². The molecule has 0 spiro atoms.